The van der Waals surface area contributed by atoms with Crippen molar-refractivity contribution in [3.8, 4) is 0 Å². The number of rotatable bonds is 2. The van der Waals surface area contributed by atoms with E-state index in [-0.39, 0.29) is 5.56 Å². The van der Waals surface area contributed by atoms with Crippen molar-refractivity contribution in [2.45, 2.75) is 6.92 Å². The number of aryl methyl sites for hydroxylation is 1. The SMILES string of the molecule is Cc1ccc(C(=O)Nc2cnc(Cl)c(Br)c2)c(=O)[nH]1. The molecule has 0 bridgehead atoms. The van der Waals surface area contributed by atoms with Gasteiger partial charge in [0.1, 0.15) is 10.7 Å². The van der Waals surface area contributed by atoms with Gasteiger partial charge in [-0.2, -0.15) is 0 Å². The minimum atomic E-state index is -0.503. The topological polar surface area (TPSA) is 74.8 Å². The fourth-order valence-corrected chi connectivity index (χ4v) is 1.89. The molecule has 2 aromatic rings. The van der Waals surface area contributed by atoms with Crippen LogP contribution in [0.4, 0.5) is 5.69 Å². The Balaban J connectivity index is 2.25. The van der Waals surface area contributed by atoms with E-state index in [0.717, 1.165) is 0 Å². The van der Waals surface area contributed by atoms with Gasteiger partial charge in [-0.1, -0.05) is 11.6 Å². The molecule has 0 saturated carbocycles. The minimum Gasteiger partial charge on any atom is -0.326 e. The molecule has 0 atom stereocenters. The van der Waals surface area contributed by atoms with Crippen LogP contribution in [0.25, 0.3) is 0 Å². The molecule has 7 heteroatoms. The summed E-state index contributed by atoms with van der Waals surface area (Å²) in [6.45, 7) is 1.74. The standard InChI is InChI=1S/C12H9BrClN3O2/c1-6-2-3-8(11(18)16-6)12(19)17-7-4-9(13)10(14)15-5-7/h2-5H,1H3,(H,16,18)(H,17,19). The molecule has 2 heterocycles. The third kappa shape index (κ3) is 3.21. The van der Waals surface area contributed by atoms with Crippen LogP contribution in [0.2, 0.25) is 5.15 Å². The Kier molecular flexibility index (Phi) is 4.01. The molecular formula is C12H9BrClN3O2. The van der Waals surface area contributed by atoms with E-state index in [1.54, 1.807) is 19.1 Å². The number of H-pyrrole nitrogens is 1. The van der Waals surface area contributed by atoms with Crippen molar-refractivity contribution >= 4 is 39.1 Å². The van der Waals surface area contributed by atoms with Gasteiger partial charge in [-0.3, -0.25) is 9.59 Å². The molecule has 0 aliphatic rings. The molecule has 0 aromatic carbocycles. The van der Waals surface area contributed by atoms with Crippen LogP contribution in [0.1, 0.15) is 16.1 Å². The highest BCUT2D eigenvalue weighted by Crippen LogP contribution is 2.22. The number of nitrogens with zero attached hydrogens (tertiary/aromatic N) is 1. The maximum absolute atomic E-state index is 11.9. The van der Waals surface area contributed by atoms with Crippen molar-refractivity contribution in [2.75, 3.05) is 5.32 Å². The number of anilines is 1. The average molecular weight is 343 g/mol. The number of pyridine rings is 2. The van der Waals surface area contributed by atoms with Crippen LogP contribution < -0.4 is 10.9 Å². The molecule has 0 fully saturated rings. The van der Waals surface area contributed by atoms with E-state index in [0.29, 0.717) is 21.0 Å². The maximum atomic E-state index is 11.9. The number of hydrogen-bond donors (Lipinski definition) is 2. The molecule has 19 heavy (non-hydrogen) atoms. The lowest BCUT2D eigenvalue weighted by molar-refractivity contribution is 0.102. The van der Waals surface area contributed by atoms with Gasteiger partial charge in [0.25, 0.3) is 11.5 Å². The summed E-state index contributed by atoms with van der Waals surface area (Å²) < 4.78 is 0.560. The second kappa shape index (κ2) is 5.54. The summed E-state index contributed by atoms with van der Waals surface area (Å²) in [7, 11) is 0. The number of nitrogens with one attached hydrogen (secondary N) is 2. The Morgan fingerprint density at radius 1 is 1.47 bits per heavy atom. The van der Waals surface area contributed by atoms with Gasteiger partial charge in [0, 0.05) is 5.69 Å². The third-order valence-electron chi connectivity index (χ3n) is 2.35. The summed E-state index contributed by atoms with van der Waals surface area (Å²) in [5.41, 5.74) is 0.744. The molecule has 98 valence electrons. The fraction of sp³-hybridized carbons (Fsp3) is 0.0833. The van der Waals surface area contributed by atoms with Crippen molar-refractivity contribution in [1.29, 1.82) is 0 Å². The lowest BCUT2D eigenvalue weighted by Gasteiger charge is -2.05. The van der Waals surface area contributed by atoms with Gasteiger partial charge in [0.15, 0.2) is 0 Å². The molecule has 0 radical (unpaired) electrons. The van der Waals surface area contributed by atoms with Crippen LogP contribution >= 0.6 is 27.5 Å². The molecule has 2 rings (SSSR count). The van der Waals surface area contributed by atoms with Gasteiger partial charge in [-0.05, 0) is 41.1 Å². The molecule has 2 aromatic heterocycles. The number of carbonyl (C=O) groups excluding carboxylic acids is 1. The second-order valence-electron chi connectivity index (χ2n) is 3.83. The van der Waals surface area contributed by atoms with Crippen LogP contribution in [0, 0.1) is 6.92 Å². The summed E-state index contributed by atoms with van der Waals surface area (Å²) >= 11 is 8.95. The normalized spacial score (nSPS) is 10.3. The number of amides is 1. The van der Waals surface area contributed by atoms with Gasteiger partial charge in [0.2, 0.25) is 0 Å². The number of hydrogen-bond acceptors (Lipinski definition) is 3. The number of aromatic amines is 1. The van der Waals surface area contributed by atoms with Crippen molar-refractivity contribution in [2.24, 2.45) is 0 Å². The van der Waals surface area contributed by atoms with Crippen molar-refractivity contribution < 1.29 is 4.79 Å². The zero-order chi connectivity index (χ0) is 14.0. The Morgan fingerprint density at radius 2 is 2.21 bits per heavy atom. The monoisotopic (exact) mass is 341 g/mol. The highest BCUT2D eigenvalue weighted by atomic mass is 79.9. The van der Waals surface area contributed by atoms with Crippen LogP contribution in [0.3, 0.4) is 0 Å². The largest absolute Gasteiger partial charge is 0.326 e. The van der Waals surface area contributed by atoms with Gasteiger partial charge in [-0.25, -0.2) is 4.98 Å². The van der Waals surface area contributed by atoms with E-state index in [1.807, 2.05) is 0 Å². The number of carbonyl (C=O) groups is 1. The first-order valence-corrected chi connectivity index (χ1v) is 6.47. The fourth-order valence-electron chi connectivity index (χ4n) is 1.44. The average Bonchev–Trinajstić information content (AvgIpc) is 2.33. The first-order valence-electron chi connectivity index (χ1n) is 5.29. The molecule has 0 unspecified atom stereocenters. The predicted molar refractivity (Wildman–Crippen MR) is 76.7 cm³/mol. The Labute approximate surface area is 122 Å². The number of aromatic nitrogens is 2. The molecule has 0 saturated heterocycles. The van der Waals surface area contributed by atoms with E-state index in [9.17, 15) is 9.59 Å². The van der Waals surface area contributed by atoms with Crippen molar-refractivity contribution in [3.05, 3.63) is 55.6 Å². The van der Waals surface area contributed by atoms with Gasteiger partial charge < -0.3 is 10.3 Å². The molecule has 5 nitrogen and oxygen atoms in total. The Morgan fingerprint density at radius 3 is 2.84 bits per heavy atom. The van der Waals surface area contributed by atoms with Crippen LogP contribution in [-0.4, -0.2) is 15.9 Å². The summed E-state index contributed by atoms with van der Waals surface area (Å²) in [5, 5.41) is 2.87. The Hall–Kier alpha value is -1.66. The molecular weight excluding hydrogens is 334 g/mol. The third-order valence-corrected chi connectivity index (χ3v) is 3.49. The van der Waals surface area contributed by atoms with Crippen molar-refractivity contribution in [1.82, 2.24) is 9.97 Å². The van der Waals surface area contributed by atoms with Crippen molar-refractivity contribution in [3.63, 3.8) is 0 Å². The smallest absolute Gasteiger partial charge is 0.261 e. The molecule has 0 aliphatic heterocycles. The lowest BCUT2D eigenvalue weighted by Crippen LogP contribution is -2.23. The van der Waals surface area contributed by atoms with Crippen LogP contribution in [0.5, 0.6) is 0 Å². The zero-order valence-electron chi connectivity index (χ0n) is 9.83. The molecule has 0 spiro atoms. The predicted octanol–water partition coefficient (Wildman–Crippen LogP) is 2.75. The quantitative estimate of drug-likeness (QED) is 0.824. The summed E-state index contributed by atoms with van der Waals surface area (Å²) in [4.78, 5) is 30.0. The van der Waals surface area contributed by atoms with E-state index in [2.05, 4.69) is 31.2 Å². The van der Waals surface area contributed by atoms with E-state index in [4.69, 9.17) is 11.6 Å². The zero-order valence-corrected chi connectivity index (χ0v) is 12.2. The van der Waals surface area contributed by atoms with Crippen LogP contribution in [0.15, 0.2) is 33.7 Å². The first-order chi connectivity index (χ1) is 8.97. The highest BCUT2D eigenvalue weighted by molar-refractivity contribution is 9.10. The first kappa shape index (κ1) is 13.8. The minimum absolute atomic E-state index is 0.0386. The summed E-state index contributed by atoms with van der Waals surface area (Å²) in [6.07, 6.45) is 1.41. The molecule has 2 N–H and O–H groups in total. The van der Waals surface area contributed by atoms with E-state index >= 15 is 0 Å². The molecule has 0 aliphatic carbocycles. The summed E-state index contributed by atoms with van der Waals surface area (Å²) in [5.74, 6) is -0.503. The highest BCUT2D eigenvalue weighted by Gasteiger charge is 2.11. The lowest BCUT2D eigenvalue weighted by atomic mass is 10.2. The van der Waals surface area contributed by atoms with Gasteiger partial charge >= 0.3 is 0 Å². The number of halogens is 2. The Bertz CT molecular complexity index is 700. The van der Waals surface area contributed by atoms with Gasteiger partial charge in [0.05, 0.1) is 16.4 Å². The van der Waals surface area contributed by atoms with E-state index < -0.39 is 11.5 Å². The van der Waals surface area contributed by atoms with Crippen LogP contribution in [-0.2, 0) is 0 Å². The maximum Gasteiger partial charge on any atom is 0.261 e. The molecule has 1 amide bonds. The second-order valence-corrected chi connectivity index (χ2v) is 5.05. The van der Waals surface area contributed by atoms with Gasteiger partial charge in [-0.15, -0.1) is 0 Å². The summed E-state index contributed by atoms with van der Waals surface area (Å²) in [6, 6.07) is 4.74. The van der Waals surface area contributed by atoms with E-state index in [1.165, 1.54) is 12.3 Å².